The average molecular weight is 269 g/mol. The zero-order chi connectivity index (χ0) is 13.5. The van der Waals surface area contributed by atoms with Gasteiger partial charge in [-0.3, -0.25) is 4.79 Å². The van der Waals surface area contributed by atoms with Gasteiger partial charge in [0.15, 0.2) is 0 Å². The van der Waals surface area contributed by atoms with Crippen LogP contribution >= 0.6 is 0 Å². The second-order valence-corrected chi connectivity index (χ2v) is 5.87. The van der Waals surface area contributed by atoms with Crippen LogP contribution < -0.4 is 0 Å². The third-order valence-corrected chi connectivity index (χ3v) is 4.41. The van der Waals surface area contributed by atoms with Gasteiger partial charge in [0.2, 0.25) is 5.91 Å². The van der Waals surface area contributed by atoms with Crippen LogP contribution in [-0.4, -0.2) is 48.3 Å². The highest BCUT2D eigenvalue weighted by Gasteiger charge is 2.28. The Kier molecular flexibility index (Phi) is 6.11. The molecule has 1 N–H and O–H groups in total. The van der Waals surface area contributed by atoms with Crippen LogP contribution in [0.4, 0.5) is 0 Å². The SMILES string of the molecule is O=C(CCC1CCCOC1)N1CCCC1CCCO. The van der Waals surface area contributed by atoms with Gasteiger partial charge in [-0.2, -0.15) is 0 Å². The van der Waals surface area contributed by atoms with Crippen molar-refractivity contribution in [2.75, 3.05) is 26.4 Å². The molecule has 2 aliphatic heterocycles. The number of hydrogen-bond donors (Lipinski definition) is 1. The minimum Gasteiger partial charge on any atom is -0.396 e. The second-order valence-electron chi connectivity index (χ2n) is 5.87. The first kappa shape index (κ1) is 14.8. The van der Waals surface area contributed by atoms with E-state index in [1.807, 2.05) is 0 Å². The Morgan fingerprint density at radius 1 is 1.26 bits per heavy atom. The van der Waals surface area contributed by atoms with Crippen molar-refractivity contribution in [2.24, 2.45) is 5.92 Å². The van der Waals surface area contributed by atoms with Crippen molar-refractivity contribution in [3.63, 3.8) is 0 Å². The van der Waals surface area contributed by atoms with Gasteiger partial charge in [-0.15, -0.1) is 0 Å². The van der Waals surface area contributed by atoms with Gasteiger partial charge in [0.1, 0.15) is 0 Å². The lowest BCUT2D eigenvalue weighted by molar-refractivity contribution is -0.132. The Morgan fingerprint density at radius 2 is 2.16 bits per heavy atom. The topological polar surface area (TPSA) is 49.8 Å². The summed E-state index contributed by atoms with van der Waals surface area (Å²) < 4.78 is 5.46. The van der Waals surface area contributed by atoms with E-state index in [1.165, 1.54) is 6.42 Å². The molecule has 2 unspecified atom stereocenters. The van der Waals surface area contributed by atoms with E-state index in [4.69, 9.17) is 9.84 Å². The molecule has 2 heterocycles. The number of carbonyl (C=O) groups is 1. The molecule has 2 atom stereocenters. The van der Waals surface area contributed by atoms with Crippen molar-refractivity contribution in [3.8, 4) is 0 Å². The fourth-order valence-electron chi connectivity index (χ4n) is 3.30. The molecule has 0 aromatic heterocycles. The number of ether oxygens (including phenoxy) is 1. The maximum Gasteiger partial charge on any atom is 0.222 e. The van der Waals surface area contributed by atoms with Crippen molar-refractivity contribution in [1.82, 2.24) is 4.90 Å². The first-order chi connectivity index (χ1) is 9.31. The standard InChI is InChI=1S/C15H27NO3/c17-10-2-6-14-5-1-9-16(14)15(18)8-7-13-4-3-11-19-12-13/h13-14,17H,1-12H2. The van der Waals surface area contributed by atoms with Crippen LogP contribution in [0.5, 0.6) is 0 Å². The van der Waals surface area contributed by atoms with Crippen molar-refractivity contribution >= 4 is 5.91 Å². The summed E-state index contributed by atoms with van der Waals surface area (Å²) in [6.45, 7) is 2.87. The van der Waals surface area contributed by atoms with Crippen molar-refractivity contribution in [1.29, 1.82) is 0 Å². The zero-order valence-electron chi connectivity index (χ0n) is 11.9. The van der Waals surface area contributed by atoms with E-state index >= 15 is 0 Å². The molecule has 1 amide bonds. The highest BCUT2D eigenvalue weighted by Crippen LogP contribution is 2.24. The quantitative estimate of drug-likeness (QED) is 0.802. The molecular weight excluding hydrogens is 242 g/mol. The van der Waals surface area contributed by atoms with Crippen LogP contribution in [0.25, 0.3) is 0 Å². The first-order valence-electron chi connectivity index (χ1n) is 7.79. The molecule has 0 saturated carbocycles. The molecule has 0 spiro atoms. The number of nitrogens with zero attached hydrogens (tertiary/aromatic N) is 1. The van der Waals surface area contributed by atoms with Crippen LogP contribution in [-0.2, 0) is 9.53 Å². The summed E-state index contributed by atoms with van der Waals surface area (Å²) in [5, 5.41) is 8.91. The molecule has 2 saturated heterocycles. The van der Waals surface area contributed by atoms with E-state index in [1.54, 1.807) is 0 Å². The molecule has 2 aliphatic rings. The maximum atomic E-state index is 12.3. The third-order valence-electron chi connectivity index (χ3n) is 4.41. The molecule has 2 fully saturated rings. The molecule has 19 heavy (non-hydrogen) atoms. The molecular formula is C15H27NO3. The fourth-order valence-corrected chi connectivity index (χ4v) is 3.30. The molecule has 4 heteroatoms. The number of aliphatic hydroxyl groups excluding tert-OH is 1. The summed E-state index contributed by atoms with van der Waals surface area (Å²) in [6.07, 6.45) is 7.99. The second kappa shape index (κ2) is 7.85. The number of likely N-dealkylation sites (tertiary alicyclic amines) is 1. The van der Waals surface area contributed by atoms with Crippen molar-refractivity contribution in [2.45, 2.75) is 57.4 Å². The fraction of sp³-hybridized carbons (Fsp3) is 0.933. The van der Waals surface area contributed by atoms with Crippen LogP contribution in [0.3, 0.4) is 0 Å². The lowest BCUT2D eigenvalue weighted by atomic mass is 9.96. The van der Waals surface area contributed by atoms with Crippen LogP contribution in [0.15, 0.2) is 0 Å². The molecule has 4 nitrogen and oxygen atoms in total. The van der Waals surface area contributed by atoms with Gasteiger partial charge in [-0.1, -0.05) is 0 Å². The molecule has 0 aliphatic carbocycles. The van der Waals surface area contributed by atoms with Gasteiger partial charge < -0.3 is 14.7 Å². The largest absolute Gasteiger partial charge is 0.396 e. The normalized spacial score (nSPS) is 27.7. The maximum absolute atomic E-state index is 12.3. The van der Waals surface area contributed by atoms with Crippen LogP contribution in [0.1, 0.15) is 51.4 Å². The lowest BCUT2D eigenvalue weighted by Gasteiger charge is -2.26. The summed E-state index contributed by atoms with van der Waals surface area (Å²) in [4.78, 5) is 14.3. The third kappa shape index (κ3) is 4.46. The minimum absolute atomic E-state index is 0.234. The highest BCUT2D eigenvalue weighted by atomic mass is 16.5. The number of rotatable bonds is 6. The zero-order valence-corrected chi connectivity index (χ0v) is 11.9. The molecule has 110 valence electrons. The van der Waals surface area contributed by atoms with Gasteiger partial charge in [0.25, 0.3) is 0 Å². The van der Waals surface area contributed by atoms with Gasteiger partial charge in [0.05, 0.1) is 0 Å². The predicted molar refractivity (Wildman–Crippen MR) is 73.8 cm³/mol. The molecule has 2 rings (SSSR count). The van der Waals surface area contributed by atoms with Gasteiger partial charge in [-0.25, -0.2) is 0 Å². The van der Waals surface area contributed by atoms with Crippen molar-refractivity contribution < 1.29 is 14.6 Å². The summed E-state index contributed by atoms with van der Waals surface area (Å²) >= 11 is 0. The number of aliphatic hydroxyl groups is 1. The van der Waals surface area contributed by atoms with Gasteiger partial charge in [-0.05, 0) is 50.9 Å². The number of hydrogen-bond acceptors (Lipinski definition) is 3. The minimum atomic E-state index is 0.234. The van der Waals surface area contributed by atoms with Gasteiger partial charge in [0, 0.05) is 38.8 Å². The van der Waals surface area contributed by atoms with Crippen LogP contribution in [0.2, 0.25) is 0 Å². The summed E-state index contributed by atoms with van der Waals surface area (Å²) in [6, 6.07) is 0.377. The Hall–Kier alpha value is -0.610. The predicted octanol–water partition coefficient (Wildman–Crippen LogP) is 1.96. The molecule has 0 aromatic carbocycles. The Balaban J connectivity index is 1.71. The average Bonchev–Trinajstić information content (AvgIpc) is 2.92. The van der Waals surface area contributed by atoms with E-state index < -0.39 is 0 Å². The van der Waals surface area contributed by atoms with Crippen molar-refractivity contribution in [3.05, 3.63) is 0 Å². The Morgan fingerprint density at radius 3 is 2.89 bits per heavy atom. The summed E-state index contributed by atoms with van der Waals surface area (Å²) in [5.41, 5.74) is 0. The summed E-state index contributed by atoms with van der Waals surface area (Å²) in [5.74, 6) is 0.891. The van der Waals surface area contributed by atoms with E-state index in [9.17, 15) is 4.79 Å². The smallest absolute Gasteiger partial charge is 0.222 e. The van der Waals surface area contributed by atoms with E-state index in [0.29, 0.717) is 24.3 Å². The molecule has 0 bridgehead atoms. The number of amides is 1. The van der Waals surface area contributed by atoms with E-state index in [2.05, 4.69) is 4.90 Å². The highest BCUT2D eigenvalue weighted by molar-refractivity contribution is 5.76. The van der Waals surface area contributed by atoms with Crippen LogP contribution in [0, 0.1) is 5.92 Å². The van der Waals surface area contributed by atoms with E-state index in [-0.39, 0.29) is 6.61 Å². The lowest BCUT2D eigenvalue weighted by Crippen LogP contribution is -2.36. The molecule has 0 radical (unpaired) electrons. The Bertz CT molecular complexity index is 277. The summed E-state index contributed by atoms with van der Waals surface area (Å²) in [7, 11) is 0. The number of carbonyl (C=O) groups excluding carboxylic acids is 1. The van der Waals surface area contributed by atoms with Gasteiger partial charge >= 0.3 is 0 Å². The molecule has 0 aromatic rings. The van der Waals surface area contributed by atoms with E-state index in [0.717, 1.165) is 58.3 Å². The monoisotopic (exact) mass is 269 g/mol. The Labute approximate surface area is 116 Å². The first-order valence-corrected chi connectivity index (χ1v) is 7.79.